The minimum atomic E-state index is 0.718. The largest absolute Gasteiger partial charge is 0.489 e. The Labute approximate surface area is 97.3 Å². The van der Waals surface area contributed by atoms with Crippen molar-refractivity contribution in [3.8, 4) is 5.75 Å². The summed E-state index contributed by atoms with van der Waals surface area (Å²) in [5, 5.41) is 3.44. The Morgan fingerprint density at radius 2 is 2.19 bits per heavy atom. The summed E-state index contributed by atoms with van der Waals surface area (Å²) in [6.45, 7) is 4.96. The third-order valence-corrected chi connectivity index (χ3v) is 2.75. The molecule has 1 N–H and O–H groups in total. The zero-order chi connectivity index (χ0) is 11.2. The zero-order valence-corrected chi connectivity index (χ0v) is 9.83. The molecule has 1 aliphatic heterocycles. The first kappa shape index (κ1) is 11.2. The van der Waals surface area contributed by atoms with E-state index in [1.54, 1.807) is 0 Å². The lowest BCUT2D eigenvalue weighted by Gasteiger charge is -2.18. The van der Waals surface area contributed by atoms with E-state index in [2.05, 4.69) is 24.4 Å². The van der Waals surface area contributed by atoms with Gasteiger partial charge in [-0.15, -0.1) is 0 Å². The van der Waals surface area contributed by atoms with E-state index in [0.29, 0.717) is 0 Å². The second-order valence-electron chi connectivity index (χ2n) is 4.16. The molecule has 1 aromatic carbocycles. The Hall–Kier alpha value is -1.28. The molecular weight excluding hydrogens is 198 g/mol. The molecule has 16 heavy (non-hydrogen) atoms. The van der Waals surface area contributed by atoms with Gasteiger partial charge in [-0.05, 0) is 30.7 Å². The van der Waals surface area contributed by atoms with Crippen LogP contribution in [-0.4, -0.2) is 19.7 Å². The SMILES string of the molecule is CCCCNCC1=Cc2ccccc2OC1. The monoisotopic (exact) mass is 217 g/mol. The number of ether oxygens (including phenoxy) is 1. The van der Waals surface area contributed by atoms with Crippen molar-refractivity contribution in [2.24, 2.45) is 0 Å². The summed E-state index contributed by atoms with van der Waals surface area (Å²) in [4.78, 5) is 0. The van der Waals surface area contributed by atoms with Crippen LogP contribution >= 0.6 is 0 Å². The van der Waals surface area contributed by atoms with Gasteiger partial charge in [0, 0.05) is 12.1 Å². The predicted molar refractivity (Wildman–Crippen MR) is 67.7 cm³/mol. The summed E-state index contributed by atoms with van der Waals surface area (Å²) >= 11 is 0. The van der Waals surface area contributed by atoms with E-state index in [1.165, 1.54) is 24.0 Å². The molecule has 0 aromatic heterocycles. The molecule has 0 bridgehead atoms. The highest BCUT2D eigenvalue weighted by Crippen LogP contribution is 2.25. The van der Waals surface area contributed by atoms with Gasteiger partial charge >= 0.3 is 0 Å². The van der Waals surface area contributed by atoms with Gasteiger partial charge < -0.3 is 10.1 Å². The average molecular weight is 217 g/mol. The minimum absolute atomic E-state index is 0.718. The summed E-state index contributed by atoms with van der Waals surface area (Å²) in [5.74, 6) is 1.000. The summed E-state index contributed by atoms with van der Waals surface area (Å²) in [6.07, 6.45) is 4.72. The molecule has 1 heterocycles. The predicted octanol–water partition coefficient (Wildman–Crippen LogP) is 2.85. The van der Waals surface area contributed by atoms with E-state index in [4.69, 9.17) is 4.74 Å². The Morgan fingerprint density at radius 1 is 1.31 bits per heavy atom. The van der Waals surface area contributed by atoms with Gasteiger partial charge in [-0.25, -0.2) is 0 Å². The quantitative estimate of drug-likeness (QED) is 0.766. The zero-order valence-electron chi connectivity index (χ0n) is 9.83. The lowest BCUT2D eigenvalue weighted by Crippen LogP contribution is -2.22. The molecule has 86 valence electrons. The van der Waals surface area contributed by atoms with Crippen LogP contribution in [0.5, 0.6) is 5.75 Å². The molecule has 0 atom stereocenters. The van der Waals surface area contributed by atoms with Crippen LogP contribution in [0.3, 0.4) is 0 Å². The molecule has 0 spiro atoms. The molecule has 0 unspecified atom stereocenters. The Morgan fingerprint density at radius 3 is 3.06 bits per heavy atom. The number of unbranched alkanes of at least 4 members (excludes halogenated alkanes) is 1. The van der Waals surface area contributed by atoms with Crippen molar-refractivity contribution >= 4 is 6.08 Å². The fourth-order valence-electron chi connectivity index (χ4n) is 1.82. The second-order valence-corrected chi connectivity index (χ2v) is 4.16. The van der Waals surface area contributed by atoms with Crippen LogP contribution < -0.4 is 10.1 Å². The molecule has 1 aliphatic rings. The maximum absolute atomic E-state index is 5.68. The van der Waals surface area contributed by atoms with Gasteiger partial charge in [0.2, 0.25) is 0 Å². The van der Waals surface area contributed by atoms with Crippen LogP contribution in [-0.2, 0) is 0 Å². The van der Waals surface area contributed by atoms with Crippen LogP contribution in [0.25, 0.3) is 6.08 Å². The van der Waals surface area contributed by atoms with Crippen LogP contribution in [0.15, 0.2) is 29.8 Å². The Kier molecular flexibility index (Phi) is 4.00. The molecule has 0 aliphatic carbocycles. The molecule has 0 saturated heterocycles. The maximum atomic E-state index is 5.68. The summed E-state index contributed by atoms with van der Waals surface area (Å²) in [6, 6.07) is 8.18. The molecule has 0 saturated carbocycles. The molecular formula is C14H19NO. The van der Waals surface area contributed by atoms with Crippen molar-refractivity contribution in [1.82, 2.24) is 5.32 Å². The standard InChI is InChI=1S/C14H19NO/c1-2-3-8-15-10-12-9-13-6-4-5-7-14(13)16-11-12/h4-7,9,15H,2-3,8,10-11H2,1H3. The maximum Gasteiger partial charge on any atom is 0.127 e. The van der Waals surface area contributed by atoms with Crippen LogP contribution in [0.1, 0.15) is 25.3 Å². The van der Waals surface area contributed by atoms with Crippen molar-refractivity contribution in [3.05, 3.63) is 35.4 Å². The highest BCUT2D eigenvalue weighted by Gasteiger charge is 2.09. The van der Waals surface area contributed by atoms with Gasteiger partial charge in [0.15, 0.2) is 0 Å². The number of hydrogen-bond acceptors (Lipinski definition) is 2. The van der Waals surface area contributed by atoms with Crippen molar-refractivity contribution in [3.63, 3.8) is 0 Å². The van der Waals surface area contributed by atoms with E-state index in [-0.39, 0.29) is 0 Å². The van der Waals surface area contributed by atoms with Crippen molar-refractivity contribution < 1.29 is 4.74 Å². The van der Waals surface area contributed by atoms with Gasteiger partial charge in [-0.2, -0.15) is 0 Å². The van der Waals surface area contributed by atoms with E-state index in [9.17, 15) is 0 Å². The van der Waals surface area contributed by atoms with Crippen molar-refractivity contribution in [2.75, 3.05) is 19.7 Å². The van der Waals surface area contributed by atoms with Gasteiger partial charge in [0.25, 0.3) is 0 Å². The normalized spacial score (nSPS) is 13.9. The Bertz CT molecular complexity index is 371. The topological polar surface area (TPSA) is 21.3 Å². The Balaban J connectivity index is 1.91. The molecule has 0 fully saturated rings. The average Bonchev–Trinajstić information content (AvgIpc) is 2.34. The van der Waals surface area contributed by atoms with E-state index in [0.717, 1.165) is 25.4 Å². The third kappa shape index (κ3) is 2.86. The van der Waals surface area contributed by atoms with Crippen molar-refractivity contribution in [2.45, 2.75) is 19.8 Å². The molecule has 2 nitrogen and oxygen atoms in total. The fraction of sp³-hybridized carbons (Fsp3) is 0.429. The lowest BCUT2D eigenvalue weighted by molar-refractivity contribution is 0.343. The van der Waals surface area contributed by atoms with Gasteiger partial charge in [-0.1, -0.05) is 31.5 Å². The van der Waals surface area contributed by atoms with Crippen LogP contribution in [0, 0.1) is 0 Å². The number of para-hydroxylation sites is 1. The van der Waals surface area contributed by atoms with Gasteiger partial charge in [-0.3, -0.25) is 0 Å². The van der Waals surface area contributed by atoms with E-state index in [1.807, 2.05) is 18.2 Å². The van der Waals surface area contributed by atoms with Crippen molar-refractivity contribution in [1.29, 1.82) is 0 Å². The summed E-state index contributed by atoms with van der Waals surface area (Å²) in [5.41, 5.74) is 2.52. The molecule has 2 rings (SSSR count). The number of hydrogen-bond donors (Lipinski definition) is 1. The second kappa shape index (κ2) is 5.71. The number of benzene rings is 1. The minimum Gasteiger partial charge on any atom is -0.489 e. The first-order valence-electron chi connectivity index (χ1n) is 6.02. The highest BCUT2D eigenvalue weighted by atomic mass is 16.5. The first-order chi connectivity index (χ1) is 7.90. The van der Waals surface area contributed by atoms with Gasteiger partial charge in [0.1, 0.15) is 12.4 Å². The summed E-state index contributed by atoms with van der Waals surface area (Å²) < 4.78 is 5.68. The highest BCUT2D eigenvalue weighted by molar-refractivity contribution is 5.62. The van der Waals surface area contributed by atoms with Crippen LogP contribution in [0.4, 0.5) is 0 Å². The van der Waals surface area contributed by atoms with Gasteiger partial charge in [0.05, 0.1) is 0 Å². The summed E-state index contributed by atoms with van der Waals surface area (Å²) in [7, 11) is 0. The smallest absolute Gasteiger partial charge is 0.127 e. The molecule has 1 aromatic rings. The van der Waals surface area contributed by atoms with E-state index >= 15 is 0 Å². The van der Waals surface area contributed by atoms with E-state index < -0.39 is 0 Å². The molecule has 0 amide bonds. The number of nitrogens with one attached hydrogen (secondary N) is 1. The fourth-order valence-corrected chi connectivity index (χ4v) is 1.82. The number of rotatable bonds is 5. The number of fused-ring (bicyclic) bond motifs is 1. The molecule has 0 radical (unpaired) electrons. The van der Waals surface area contributed by atoms with Crippen LogP contribution in [0.2, 0.25) is 0 Å². The lowest BCUT2D eigenvalue weighted by atomic mass is 10.1. The first-order valence-corrected chi connectivity index (χ1v) is 6.02. The third-order valence-electron chi connectivity index (χ3n) is 2.75. The molecule has 2 heteroatoms.